The molecule has 0 nitrogen and oxygen atoms in total. The van der Waals surface area contributed by atoms with E-state index in [0.717, 1.165) is 0 Å². The SMILES string of the molecule is [C].[Co].[Fe].[Sn]. The van der Waals surface area contributed by atoms with Crippen LogP contribution in [-0.4, -0.2) is 23.9 Å². The second kappa shape index (κ2) is 21.2. The Balaban J connectivity index is 0. The van der Waals surface area contributed by atoms with Gasteiger partial charge in [0.2, 0.25) is 0 Å². The molecule has 0 aromatic rings. The zero-order chi connectivity index (χ0) is 0. The summed E-state index contributed by atoms with van der Waals surface area (Å²) < 4.78 is 0. The average molecular weight is 246 g/mol. The fraction of sp³-hybridized carbons (Fsp3) is 0. The summed E-state index contributed by atoms with van der Waals surface area (Å²) in [6.45, 7) is 0. The van der Waals surface area contributed by atoms with E-state index in [9.17, 15) is 0 Å². The molecule has 25 valence electrons. The van der Waals surface area contributed by atoms with E-state index >= 15 is 0 Å². The van der Waals surface area contributed by atoms with Crippen molar-refractivity contribution in [2.24, 2.45) is 0 Å². The Bertz CT molecular complexity index is 8.00. The fourth-order valence-corrected chi connectivity index (χ4v) is 0. The van der Waals surface area contributed by atoms with E-state index in [1.165, 1.54) is 0 Å². The molecule has 0 aromatic heterocycles. The molecule has 0 rings (SSSR count). The van der Waals surface area contributed by atoms with Crippen molar-refractivity contribution in [3.05, 3.63) is 7.43 Å². The summed E-state index contributed by atoms with van der Waals surface area (Å²) in [5, 5.41) is 0. The minimum atomic E-state index is 0. The van der Waals surface area contributed by atoms with Crippen molar-refractivity contribution < 1.29 is 33.8 Å². The van der Waals surface area contributed by atoms with Gasteiger partial charge in [-0.2, -0.15) is 0 Å². The van der Waals surface area contributed by atoms with Crippen LogP contribution in [0.25, 0.3) is 0 Å². The van der Waals surface area contributed by atoms with E-state index < -0.39 is 0 Å². The molecule has 0 fully saturated rings. The van der Waals surface area contributed by atoms with Gasteiger partial charge in [-0.15, -0.1) is 0 Å². The standard InChI is InChI=1S/C.Co.Fe.Sn. The van der Waals surface area contributed by atoms with Crippen LogP contribution in [0.2, 0.25) is 0 Å². The van der Waals surface area contributed by atoms with Crippen LogP contribution in [0.3, 0.4) is 0 Å². The summed E-state index contributed by atoms with van der Waals surface area (Å²) in [6.07, 6.45) is 0. The average Bonchev–Trinajstić information content (AvgIpc) is 0. The predicted molar refractivity (Wildman–Crippen MR) is 9.00 cm³/mol. The molecule has 4 heavy (non-hydrogen) atoms. The van der Waals surface area contributed by atoms with Gasteiger partial charge in [0.1, 0.15) is 0 Å². The van der Waals surface area contributed by atoms with Gasteiger partial charge in [-0.3, -0.25) is 0 Å². The fourth-order valence-electron chi connectivity index (χ4n) is 0. The zero-order valence-electron chi connectivity index (χ0n) is 1.69. The minimum absolute atomic E-state index is 0. The summed E-state index contributed by atoms with van der Waals surface area (Å²) in [4.78, 5) is 0. The first-order chi connectivity index (χ1) is 0. The van der Waals surface area contributed by atoms with Gasteiger partial charge >= 0.3 is 0 Å². The summed E-state index contributed by atoms with van der Waals surface area (Å²) in [7, 11) is 0. The number of rotatable bonds is 0. The van der Waals surface area contributed by atoms with Gasteiger partial charge < -0.3 is 0 Å². The van der Waals surface area contributed by atoms with Crippen molar-refractivity contribution in [2.75, 3.05) is 0 Å². The Morgan fingerprint density at radius 3 is 1.00 bits per heavy atom. The molecule has 0 bridgehead atoms. The van der Waals surface area contributed by atoms with Crippen LogP contribution in [0, 0.1) is 7.43 Å². The molecule has 9 radical (unpaired) electrons. The maximum Gasteiger partial charge on any atom is 0 e. The van der Waals surface area contributed by atoms with Crippen LogP contribution in [0.15, 0.2) is 0 Å². The van der Waals surface area contributed by atoms with Gasteiger partial charge in [-0.1, -0.05) is 0 Å². The van der Waals surface area contributed by atoms with E-state index in [1.807, 2.05) is 0 Å². The van der Waals surface area contributed by atoms with Crippen molar-refractivity contribution in [3.8, 4) is 0 Å². The smallest absolute Gasteiger partial charge is 0 e. The molecule has 0 aromatic carbocycles. The van der Waals surface area contributed by atoms with Crippen LogP contribution in [0.4, 0.5) is 0 Å². The van der Waals surface area contributed by atoms with Crippen LogP contribution >= 0.6 is 0 Å². The van der Waals surface area contributed by atoms with Crippen LogP contribution in [0.1, 0.15) is 0 Å². The van der Waals surface area contributed by atoms with Gasteiger partial charge in [0.25, 0.3) is 0 Å². The van der Waals surface area contributed by atoms with Crippen molar-refractivity contribution in [3.63, 3.8) is 0 Å². The van der Waals surface area contributed by atoms with Crippen LogP contribution in [0.5, 0.6) is 0 Å². The van der Waals surface area contributed by atoms with E-state index in [0.29, 0.717) is 0 Å². The summed E-state index contributed by atoms with van der Waals surface area (Å²) in [6, 6.07) is 0. The summed E-state index contributed by atoms with van der Waals surface area (Å²) >= 11 is 0. The maximum atomic E-state index is 0. The second-order valence-electron chi connectivity index (χ2n) is 0. The van der Waals surface area contributed by atoms with Gasteiger partial charge in [0.15, 0.2) is 0 Å². The first-order valence-electron chi connectivity index (χ1n) is 0. The molecule has 0 atom stereocenters. The second-order valence-corrected chi connectivity index (χ2v) is 0. The quantitative estimate of drug-likeness (QED) is 0.514. The third-order valence-electron chi connectivity index (χ3n) is 0. The Kier molecular flexibility index (Phi) is 216. The topological polar surface area (TPSA) is 0 Å². The molecule has 0 heterocycles. The van der Waals surface area contributed by atoms with E-state index in [-0.39, 0.29) is 65.2 Å². The van der Waals surface area contributed by atoms with Crippen molar-refractivity contribution in [1.82, 2.24) is 0 Å². The molecule has 0 aliphatic heterocycles. The molecule has 0 saturated heterocycles. The third kappa shape index (κ3) is 9.17. The van der Waals surface area contributed by atoms with Crippen LogP contribution < -0.4 is 0 Å². The van der Waals surface area contributed by atoms with Crippen LogP contribution in [-0.2, 0) is 33.8 Å². The largest absolute Gasteiger partial charge is 0 e. The Labute approximate surface area is 64.7 Å². The molecule has 0 amide bonds. The van der Waals surface area contributed by atoms with Crippen molar-refractivity contribution in [1.29, 1.82) is 0 Å². The minimum Gasteiger partial charge on any atom is 0 e. The summed E-state index contributed by atoms with van der Waals surface area (Å²) in [5.41, 5.74) is 0. The van der Waals surface area contributed by atoms with Gasteiger partial charge in [0.05, 0.1) is 0 Å². The van der Waals surface area contributed by atoms with Gasteiger partial charge in [-0.25, -0.2) is 0 Å². The zero-order valence-corrected chi connectivity index (χ0v) is 6.69. The molecular weight excluding hydrogens is 246 g/mol. The first kappa shape index (κ1) is 40.7. The Morgan fingerprint density at radius 2 is 1.00 bits per heavy atom. The van der Waals surface area contributed by atoms with E-state index in [1.54, 1.807) is 0 Å². The van der Waals surface area contributed by atoms with Gasteiger partial charge in [0, 0.05) is 65.2 Å². The molecule has 0 spiro atoms. The number of hydrogen-bond donors (Lipinski definition) is 0. The van der Waals surface area contributed by atoms with Gasteiger partial charge in [-0.05, 0) is 0 Å². The van der Waals surface area contributed by atoms with E-state index in [4.69, 9.17) is 0 Å². The van der Waals surface area contributed by atoms with E-state index in [2.05, 4.69) is 0 Å². The molecule has 0 aliphatic rings. The maximum absolute atomic E-state index is 0. The molecule has 0 N–H and O–H groups in total. The third-order valence-corrected chi connectivity index (χ3v) is 0. The number of hydrogen-bond acceptors (Lipinski definition) is 0. The van der Waals surface area contributed by atoms with Crippen molar-refractivity contribution >= 4 is 23.9 Å². The molecule has 3 heteroatoms. The summed E-state index contributed by atoms with van der Waals surface area (Å²) in [5.74, 6) is 0. The Morgan fingerprint density at radius 1 is 1.00 bits per heavy atom. The molecular formula is CCoFeSn. The normalized spacial score (nSPS) is 0. The monoisotopic (exact) mass is 247 g/mol. The van der Waals surface area contributed by atoms with Crippen molar-refractivity contribution in [2.45, 2.75) is 0 Å². The first-order valence-corrected chi connectivity index (χ1v) is 0. The predicted octanol–water partition coefficient (Wildman–Crippen LogP) is -0.305. The Hall–Kier alpha value is 1.82. The molecule has 0 saturated carbocycles. The molecule has 0 unspecified atom stereocenters. The molecule has 0 aliphatic carbocycles.